The Hall–Kier alpha value is -2.59. The molecule has 1 amide bonds. The van der Waals surface area contributed by atoms with Gasteiger partial charge in [-0.05, 0) is 24.5 Å². The normalized spacial score (nSPS) is 14.1. The monoisotopic (exact) mass is 396 g/mol. The zero-order valence-corrected chi connectivity index (χ0v) is 15.7. The average Bonchev–Trinajstić information content (AvgIpc) is 2.68. The van der Waals surface area contributed by atoms with Gasteiger partial charge < -0.3 is 19.5 Å². The van der Waals surface area contributed by atoms with Crippen LogP contribution in [-0.2, 0) is 25.7 Å². The molecule has 1 heterocycles. The van der Waals surface area contributed by atoms with Crippen LogP contribution >= 0.6 is 11.8 Å². The number of benzene rings is 1. The number of carbonyl (C=O) groups is 2. The van der Waals surface area contributed by atoms with Crippen LogP contribution < -0.4 is 10.1 Å². The molecule has 1 aromatic carbocycles. The van der Waals surface area contributed by atoms with Crippen LogP contribution in [0, 0.1) is 10.1 Å². The van der Waals surface area contributed by atoms with Gasteiger partial charge in [0.15, 0.2) is 6.79 Å². The molecular weight excluding hydrogens is 376 g/mol. The molecule has 1 aromatic rings. The lowest BCUT2D eigenvalue weighted by atomic mass is 10.1. The number of ether oxygens (including phenoxy) is 3. The SMILES string of the molecule is COC(=O)[C@@H](CCSC)NC(=O)/C=C/c1cc([N+](=O)[O-])cc2c1OCOC2. The largest absolute Gasteiger partial charge is 0.467 e. The summed E-state index contributed by atoms with van der Waals surface area (Å²) in [4.78, 5) is 34.5. The molecule has 1 aliphatic rings. The summed E-state index contributed by atoms with van der Waals surface area (Å²) in [6.45, 7) is 0.208. The number of rotatable bonds is 8. The van der Waals surface area contributed by atoms with E-state index in [4.69, 9.17) is 14.2 Å². The van der Waals surface area contributed by atoms with Gasteiger partial charge in [0.25, 0.3) is 5.69 Å². The lowest BCUT2D eigenvalue weighted by Gasteiger charge is -2.19. The smallest absolute Gasteiger partial charge is 0.328 e. The van der Waals surface area contributed by atoms with E-state index in [1.807, 2.05) is 6.26 Å². The maximum atomic E-state index is 12.2. The second-order valence-corrected chi connectivity index (χ2v) is 6.58. The summed E-state index contributed by atoms with van der Waals surface area (Å²) in [7, 11) is 1.26. The number of nitrogens with zero attached hydrogens (tertiary/aromatic N) is 1. The molecule has 1 aliphatic heterocycles. The predicted octanol–water partition coefficient (Wildman–Crippen LogP) is 1.89. The number of hydrogen-bond donors (Lipinski definition) is 1. The van der Waals surface area contributed by atoms with Gasteiger partial charge in [0.05, 0.1) is 18.6 Å². The first-order valence-electron chi connectivity index (χ1n) is 8.03. The number of amides is 1. The Morgan fingerprint density at radius 1 is 1.48 bits per heavy atom. The van der Waals surface area contributed by atoms with E-state index in [-0.39, 0.29) is 19.1 Å². The van der Waals surface area contributed by atoms with E-state index in [0.29, 0.717) is 29.1 Å². The summed E-state index contributed by atoms with van der Waals surface area (Å²) < 4.78 is 15.2. The van der Waals surface area contributed by atoms with Crippen LogP contribution in [0.15, 0.2) is 18.2 Å². The van der Waals surface area contributed by atoms with Crippen LogP contribution in [-0.4, -0.2) is 48.8 Å². The molecule has 0 aliphatic carbocycles. The predicted molar refractivity (Wildman–Crippen MR) is 99.4 cm³/mol. The van der Waals surface area contributed by atoms with Gasteiger partial charge in [-0.15, -0.1) is 0 Å². The number of nitro groups is 1. The summed E-state index contributed by atoms with van der Waals surface area (Å²) in [6, 6.07) is 1.93. The van der Waals surface area contributed by atoms with Crippen LogP contribution in [0.25, 0.3) is 6.08 Å². The number of methoxy groups -OCH3 is 1. The zero-order valence-electron chi connectivity index (χ0n) is 14.9. The van der Waals surface area contributed by atoms with Crippen molar-refractivity contribution in [2.45, 2.75) is 19.1 Å². The molecule has 0 unspecified atom stereocenters. The summed E-state index contributed by atoms with van der Waals surface area (Å²) in [5, 5.41) is 13.7. The highest BCUT2D eigenvalue weighted by molar-refractivity contribution is 7.98. The van der Waals surface area contributed by atoms with Gasteiger partial charge in [-0.3, -0.25) is 14.9 Å². The van der Waals surface area contributed by atoms with Crippen LogP contribution in [0.2, 0.25) is 0 Å². The molecule has 146 valence electrons. The van der Waals surface area contributed by atoms with Gasteiger partial charge in [0.2, 0.25) is 5.91 Å². The van der Waals surface area contributed by atoms with Gasteiger partial charge in [-0.1, -0.05) is 0 Å². The number of carbonyl (C=O) groups excluding carboxylic acids is 2. The molecular formula is C17H20N2O7S. The molecule has 0 saturated heterocycles. The third-order valence-corrected chi connectivity index (χ3v) is 4.41. The molecule has 0 radical (unpaired) electrons. The second kappa shape index (κ2) is 9.93. The van der Waals surface area contributed by atoms with Crippen molar-refractivity contribution in [2.24, 2.45) is 0 Å². The highest BCUT2D eigenvalue weighted by atomic mass is 32.2. The van der Waals surface area contributed by atoms with Crippen LogP contribution in [0.3, 0.4) is 0 Å². The Labute approximate surface area is 160 Å². The molecule has 1 atom stereocenters. The lowest BCUT2D eigenvalue weighted by Crippen LogP contribution is -2.41. The molecule has 2 rings (SSSR count). The number of esters is 1. The number of nitro benzene ring substituents is 1. The molecule has 0 fully saturated rings. The first-order valence-corrected chi connectivity index (χ1v) is 9.42. The molecule has 0 bridgehead atoms. The Kier molecular flexibility index (Phi) is 7.62. The molecule has 1 N–H and O–H groups in total. The summed E-state index contributed by atoms with van der Waals surface area (Å²) in [5.74, 6) is 0.0660. The standard InChI is InChI=1S/C17H20N2O7S/c1-24-17(21)14(5-6-27-2)18-15(20)4-3-11-7-13(19(22)23)8-12-9-25-10-26-16(11)12/h3-4,7-8,14H,5-6,9-10H2,1-2H3,(H,18,20)/b4-3+/t14-/m1/s1. The molecule has 27 heavy (non-hydrogen) atoms. The molecule has 9 nitrogen and oxygen atoms in total. The Morgan fingerprint density at radius 2 is 2.26 bits per heavy atom. The van der Waals surface area contributed by atoms with Gasteiger partial charge in [-0.25, -0.2) is 4.79 Å². The number of thioether (sulfide) groups is 1. The van der Waals surface area contributed by atoms with E-state index in [1.54, 1.807) is 11.8 Å². The minimum absolute atomic E-state index is 0.0247. The molecule has 0 saturated carbocycles. The van der Waals surface area contributed by atoms with E-state index in [1.165, 1.54) is 31.4 Å². The van der Waals surface area contributed by atoms with Crippen molar-refractivity contribution in [3.8, 4) is 5.75 Å². The number of nitrogens with one attached hydrogen (secondary N) is 1. The van der Waals surface area contributed by atoms with E-state index in [9.17, 15) is 19.7 Å². The van der Waals surface area contributed by atoms with E-state index in [0.717, 1.165) is 0 Å². The van der Waals surface area contributed by atoms with E-state index >= 15 is 0 Å². The van der Waals surface area contributed by atoms with Crippen molar-refractivity contribution in [1.29, 1.82) is 0 Å². The molecule has 10 heteroatoms. The number of hydrogen-bond acceptors (Lipinski definition) is 8. The van der Waals surface area contributed by atoms with Gasteiger partial charge in [0.1, 0.15) is 11.8 Å². The van der Waals surface area contributed by atoms with Crippen molar-refractivity contribution in [3.63, 3.8) is 0 Å². The summed E-state index contributed by atoms with van der Waals surface area (Å²) in [5.41, 5.74) is 0.787. The van der Waals surface area contributed by atoms with Gasteiger partial charge in [0, 0.05) is 29.3 Å². The highest BCUT2D eigenvalue weighted by Gasteiger charge is 2.21. The fourth-order valence-electron chi connectivity index (χ4n) is 2.47. The third kappa shape index (κ3) is 5.69. The minimum Gasteiger partial charge on any atom is -0.467 e. The fourth-order valence-corrected chi connectivity index (χ4v) is 2.94. The Morgan fingerprint density at radius 3 is 2.93 bits per heavy atom. The van der Waals surface area contributed by atoms with E-state index in [2.05, 4.69) is 5.32 Å². The summed E-state index contributed by atoms with van der Waals surface area (Å²) in [6.07, 6.45) is 4.94. The first-order chi connectivity index (χ1) is 13.0. The van der Waals surface area contributed by atoms with Gasteiger partial charge in [-0.2, -0.15) is 11.8 Å². The van der Waals surface area contributed by atoms with Crippen molar-refractivity contribution in [2.75, 3.05) is 25.9 Å². The van der Waals surface area contributed by atoms with Crippen molar-refractivity contribution < 1.29 is 28.7 Å². The minimum atomic E-state index is -0.761. The fraction of sp³-hybridized carbons (Fsp3) is 0.412. The van der Waals surface area contributed by atoms with E-state index < -0.39 is 22.8 Å². The van der Waals surface area contributed by atoms with Crippen LogP contribution in [0.4, 0.5) is 5.69 Å². The summed E-state index contributed by atoms with van der Waals surface area (Å²) >= 11 is 1.55. The Bertz CT molecular complexity index is 751. The maximum absolute atomic E-state index is 12.2. The second-order valence-electron chi connectivity index (χ2n) is 5.59. The zero-order chi connectivity index (χ0) is 19.8. The quantitative estimate of drug-likeness (QED) is 0.306. The first kappa shape index (κ1) is 20.7. The van der Waals surface area contributed by atoms with Crippen molar-refractivity contribution >= 4 is 35.4 Å². The molecule has 0 aromatic heterocycles. The highest BCUT2D eigenvalue weighted by Crippen LogP contribution is 2.33. The van der Waals surface area contributed by atoms with Crippen molar-refractivity contribution in [3.05, 3.63) is 39.4 Å². The number of fused-ring (bicyclic) bond motifs is 1. The average molecular weight is 396 g/mol. The third-order valence-electron chi connectivity index (χ3n) is 3.76. The van der Waals surface area contributed by atoms with Gasteiger partial charge >= 0.3 is 5.97 Å². The Balaban J connectivity index is 2.18. The lowest BCUT2D eigenvalue weighted by molar-refractivity contribution is -0.385. The topological polar surface area (TPSA) is 117 Å². The van der Waals surface area contributed by atoms with Crippen molar-refractivity contribution in [1.82, 2.24) is 5.32 Å². The maximum Gasteiger partial charge on any atom is 0.328 e. The molecule has 0 spiro atoms. The van der Waals surface area contributed by atoms with Crippen LogP contribution in [0.1, 0.15) is 17.5 Å². The van der Waals surface area contributed by atoms with Crippen LogP contribution in [0.5, 0.6) is 5.75 Å². The number of non-ortho nitro benzene ring substituents is 1.